The monoisotopic (exact) mass is 352 g/mol. The van der Waals surface area contributed by atoms with Gasteiger partial charge in [0.2, 0.25) is 16.5 Å². The predicted octanol–water partition coefficient (Wildman–Crippen LogP) is 0.197. The van der Waals surface area contributed by atoms with Gasteiger partial charge in [-0.15, -0.1) is 5.10 Å². The van der Waals surface area contributed by atoms with Gasteiger partial charge in [0.1, 0.15) is 6.54 Å². The number of hydrogen-bond acceptors (Lipinski definition) is 7. The van der Waals surface area contributed by atoms with E-state index in [1.165, 1.54) is 24.9 Å². The first-order valence-corrected chi connectivity index (χ1v) is 8.31. The van der Waals surface area contributed by atoms with E-state index in [2.05, 4.69) is 20.8 Å². The van der Waals surface area contributed by atoms with Crippen LogP contribution in [0.25, 0.3) is 0 Å². The number of carbonyl (C=O) groups excluding carboxylic acids is 1. The highest BCUT2D eigenvalue weighted by Crippen LogP contribution is 2.19. The van der Waals surface area contributed by atoms with Crippen molar-refractivity contribution in [1.82, 2.24) is 30.1 Å². The van der Waals surface area contributed by atoms with Gasteiger partial charge in [-0.25, -0.2) is 4.68 Å². The quantitative estimate of drug-likeness (QED) is 0.710. The van der Waals surface area contributed by atoms with Crippen molar-refractivity contribution in [1.29, 1.82) is 0 Å². The van der Waals surface area contributed by atoms with Crippen LogP contribution in [-0.4, -0.2) is 43.8 Å². The Labute approximate surface area is 143 Å². The molecule has 0 aliphatic rings. The molecule has 1 N–H and O–H groups in total. The summed E-state index contributed by atoms with van der Waals surface area (Å²) in [6, 6.07) is 1.51. The molecule has 9 nitrogen and oxygen atoms in total. The first kappa shape index (κ1) is 18.0. The number of tetrazole rings is 1. The van der Waals surface area contributed by atoms with Crippen LogP contribution in [0.5, 0.6) is 5.75 Å². The molecule has 2 aromatic rings. The van der Waals surface area contributed by atoms with E-state index < -0.39 is 0 Å². The maximum atomic E-state index is 12.1. The van der Waals surface area contributed by atoms with E-state index in [0.717, 1.165) is 0 Å². The number of nitrogens with zero attached hydrogens (tertiary/aromatic N) is 5. The fraction of sp³-hybridized carbons (Fsp3) is 0.500. The third-order valence-corrected chi connectivity index (χ3v) is 4.14. The van der Waals surface area contributed by atoms with Gasteiger partial charge in [0.15, 0.2) is 5.75 Å². The van der Waals surface area contributed by atoms with Gasteiger partial charge in [-0.3, -0.25) is 9.59 Å². The maximum absolute atomic E-state index is 12.1. The van der Waals surface area contributed by atoms with Gasteiger partial charge < -0.3 is 14.6 Å². The number of pyridine rings is 1. The Morgan fingerprint density at radius 3 is 2.79 bits per heavy atom. The summed E-state index contributed by atoms with van der Waals surface area (Å²) < 4.78 is 8.31. The topological polar surface area (TPSA) is 104 Å². The van der Waals surface area contributed by atoms with Gasteiger partial charge in [0.05, 0.1) is 13.3 Å². The van der Waals surface area contributed by atoms with Gasteiger partial charge in [-0.2, -0.15) is 0 Å². The molecule has 0 saturated heterocycles. The van der Waals surface area contributed by atoms with Gasteiger partial charge in [-0.05, 0) is 24.3 Å². The number of aromatic nitrogens is 5. The number of carbonyl (C=O) groups is 1. The maximum Gasteiger partial charge on any atom is 0.240 e. The van der Waals surface area contributed by atoms with Gasteiger partial charge in [0.25, 0.3) is 0 Å². The Morgan fingerprint density at radius 1 is 1.46 bits per heavy atom. The van der Waals surface area contributed by atoms with Crippen molar-refractivity contribution < 1.29 is 9.53 Å². The molecule has 0 atom stereocenters. The lowest BCUT2D eigenvalue weighted by Crippen LogP contribution is -2.34. The molecular weight excluding hydrogens is 332 g/mol. The number of amides is 1. The van der Waals surface area contributed by atoms with Crippen molar-refractivity contribution in [2.24, 2.45) is 7.05 Å². The molecule has 0 aliphatic heterocycles. The minimum atomic E-state index is -0.232. The summed E-state index contributed by atoms with van der Waals surface area (Å²) in [5.74, 6) is 0.506. The first-order chi connectivity index (χ1) is 11.4. The van der Waals surface area contributed by atoms with Crippen LogP contribution < -0.4 is 15.5 Å². The van der Waals surface area contributed by atoms with Crippen LogP contribution in [0.4, 0.5) is 0 Å². The minimum Gasteiger partial charge on any atom is -0.491 e. The molecule has 10 heteroatoms. The van der Waals surface area contributed by atoms with Crippen molar-refractivity contribution in [3.63, 3.8) is 0 Å². The lowest BCUT2D eigenvalue weighted by atomic mass is 10.3. The summed E-state index contributed by atoms with van der Waals surface area (Å²) >= 11 is 1.38. The minimum absolute atomic E-state index is 0.0429. The van der Waals surface area contributed by atoms with E-state index in [0.29, 0.717) is 16.6 Å². The Kier molecular flexibility index (Phi) is 5.96. The molecule has 0 saturated carbocycles. The van der Waals surface area contributed by atoms with Crippen LogP contribution in [0.1, 0.15) is 19.5 Å². The molecule has 0 fully saturated rings. The molecule has 0 unspecified atom stereocenters. The summed E-state index contributed by atoms with van der Waals surface area (Å²) in [6.07, 6.45) is 1.55. The number of nitrogens with one attached hydrogen (secondary N) is 1. The molecule has 130 valence electrons. The van der Waals surface area contributed by atoms with Crippen LogP contribution in [0, 0.1) is 0 Å². The van der Waals surface area contributed by atoms with E-state index in [-0.39, 0.29) is 29.7 Å². The SMILES string of the molecule is COc1cn(CC(=O)NC(C)C)c(CSc2nnnn2C)cc1=O. The molecule has 1 amide bonds. The number of thioether (sulfide) groups is 1. The smallest absolute Gasteiger partial charge is 0.240 e. The summed E-state index contributed by atoms with van der Waals surface area (Å²) in [6.45, 7) is 3.88. The Balaban J connectivity index is 2.24. The number of rotatable bonds is 7. The van der Waals surface area contributed by atoms with Crippen molar-refractivity contribution in [2.45, 2.75) is 37.3 Å². The van der Waals surface area contributed by atoms with Crippen LogP contribution in [0.2, 0.25) is 0 Å². The zero-order valence-corrected chi connectivity index (χ0v) is 14.8. The highest BCUT2D eigenvalue weighted by molar-refractivity contribution is 7.98. The van der Waals surface area contributed by atoms with E-state index in [9.17, 15) is 9.59 Å². The molecular formula is C14H20N6O3S. The average molecular weight is 352 g/mol. The molecule has 2 aromatic heterocycles. The fourth-order valence-electron chi connectivity index (χ4n) is 2.02. The van der Waals surface area contributed by atoms with E-state index in [1.54, 1.807) is 22.5 Å². The van der Waals surface area contributed by atoms with Crippen LogP contribution >= 0.6 is 11.8 Å². The normalized spacial score (nSPS) is 10.9. The fourth-order valence-corrected chi connectivity index (χ4v) is 2.87. The summed E-state index contributed by atoms with van der Waals surface area (Å²) in [5.41, 5.74) is 0.456. The van der Waals surface area contributed by atoms with Crippen LogP contribution in [0.3, 0.4) is 0 Å². The second kappa shape index (κ2) is 7.95. The second-order valence-electron chi connectivity index (χ2n) is 5.42. The standard InChI is InChI=1S/C14H20N6O3S/c1-9(2)15-13(22)7-20-6-12(23-4)11(21)5-10(20)8-24-14-16-17-18-19(14)3/h5-6,9H,7-8H2,1-4H3,(H,15,22). The van der Waals surface area contributed by atoms with Crippen molar-refractivity contribution in [2.75, 3.05) is 7.11 Å². The predicted molar refractivity (Wildman–Crippen MR) is 88.9 cm³/mol. The third kappa shape index (κ3) is 4.57. The summed E-state index contributed by atoms with van der Waals surface area (Å²) in [4.78, 5) is 24.1. The lowest BCUT2D eigenvalue weighted by molar-refractivity contribution is -0.122. The zero-order chi connectivity index (χ0) is 17.7. The van der Waals surface area contributed by atoms with E-state index >= 15 is 0 Å². The lowest BCUT2D eigenvalue weighted by Gasteiger charge is -2.15. The van der Waals surface area contributed by atoms with Crippen LogP contribution in [0.15, 0.2) is 22.2 Å². The number of ether oxygens (including phenoxy) is 1. The largest absolute Gasteiger partial charge is 0.491 e. The molecule has 0 radical (unpaired) electrons. The Hall–Kier alpha value is -2.36. The third-order valence-electron chi connectivity index (χ3n) is 3.10. The zero-order valence-electron chi connectivity index (χ0n) is 14.0. The second-order valence-corrected chi connectivity index (χ2v) is 6.36. The molecule has 0 aromatic carbocycles. The van der Waals surface area contributed by atoms with Crippen LogP contribution in [-0.2, 0) is 24.1 Å². The van der Waals surface area contributed by atoms with Gasteiger partial charge >= 0.3 is 0 Å². The highest BCUT2D eigenvalue weighted by Gasteiger charge is 2.13. The Morgan fingerprint density at radius 2 is 2.21 bits per heavy atom. The van der Waals surface area contributed by atoms with E-state index in [1.807, 2.05) is 13.8 Å². The molecule has 2 rings (SSSR count). The number of methoxy groups -OCH3 is 1. The van der Waals surface area contributed by atoms with Crippen molar-refractivity contribution in [3.8, 4) is 5.75 Å². The molecule has 24 heavy (non-hydrogen) atoms. The van der Waals surface area contributed by atoms with Gasteiger partial charge in [0, 0.05) is 30.6 Å². The van der Waals surface area contributed by atoms with E-state index in [4.69, 9.17) is 4.74 Å². The molecule has 0 aliphatic carbocycles. The molecule has 0 spiro atoms. The number of aryl methyl sites for hydroxylation is 1. The van der Waals surface area contributed by atoms with Crippen molar-refractivity contribution >= 4 is 17.7 Å². The highest BCUT2D eigenvalue weighted by atomic mass is 32.2. The van der Waals surface area contributed by atoms with Crippen molar-refractivity contribution in [3.05, 3.63) is 28.2 Å². The molecule has 2 heterocycles. The van der Waals surface area contributed by atoms with Gasteiger partial charge in [-0.1, -0.05) is 11.8 Å². The first-order valence-electron chi connectivity index (χ1n) is 7.32. The Bertz CT molecular complexity index is 770. The average Bonchev–Trinajstić information content (AvgIpc) is 2.91. The number of hydrogen-bond donors (Lipinski definition) is 1. The molecule has 0 bridgehead atoms. The summed E-state index contributed by atoms with van der Waals surface area (Å²) in [7, 11) is 3.16. The summed E-state index contributed by atoms with van der Waals surface area (Å²) in [5, 5.41) is 14.7.